The Hall–Kier alpha value is -3.15. The molecule has 0 fully saturated rings. The van der Waals surface area contributed by atoms with Gasteiger partial charge in [0.1, 0.15) is 0 Å². The Bertz CT molecular complexity index is 784. The number of esters is 1. The molecule has 0 saturated heterocycles. The summed E-state index contributed by atoms with van der Waals surface area (Å²) in [5, 5.41) is 7.78. The molecule has 0 aliphatic rings. The van der Waals surface area contributed by atoms with Gasteiger partial charge in [0.05, 0.1) is 5.56 Å². The molecule has 0 aliphatic carbocycles. The van der Waals surface area contributed by atoms with Crippen molar-refractivity contribution in [3.8, 4) is 11.5 Å². The van der Waals surface area contributed by atoms with Gasteiger partial charge in [-0.1, -0.05) is 30.3 Å². The van der Waals surface area contributed by atoms with E-state index in [1.54, 1.807) is 24.3 Å². The lowest BCUT2D eigenvalue weighted by atomic mass is 10.2. The van der Waals surface area contributed by atoms with Crippen LogP contribution in [0.15, 0.2) is 59.0 Å². The van der Waals surface area contributed by atoms with Crippen molar-refractivity contribution in [3.63, 3.8) is 0 Å². The number of nitrogen functional groups attached to an aromatic ring is 1. The van der Waals surface area contributed by atoms with Crippen molar-refractivity contribution in [2.45, 2.75) is 6.61 Å². The number of benzene rings is 2. The molecular formula is C16H13N3O3. The molecule has 6 nitrogen and oxygen atoms in total. The van der Waals surface area contributed by atoms with E-state index in [0.717, 1.165) is 5.56 Å². The quantitative estimate of drug-likeness (QED) is 0.587. The van der Waals surface area contributed by atoms with Gasteiger partial charge in [-0.05, 0) is 24.3 Å². The van der Waals surface area contributed by atoms with Crippen molar-refractivity contribution in [1.29, 1.82) is 0 Å². The number of rotatable bonds is 4. The van der Waals surface area contributed by atoms with Crippen molar-refractivity contribution in [2.24, 2.45) is 0 Å². The highest BCUT2D eigenvalue weighted by molar-refractivity contribution is 5.94. The van der Waals surface area contributed by atoms with Crippen LogP contribution in [0.2, 0.25) is 0 Å². The highest BCUT2D eigenvalue weighted by atomic mass is 16.5. The first-order valence-electron chi connectivity index (χ1n) is 6.63. The third kappa shape index (κ3) is 2.95. The number of para-hydroxylation sites is 1. The fraction of sp³-hybridized carbons (Fsp3) is 0.0625. The van der Waals surface area contributed by atoms with Crippen LogP contribution in [0.3, 0.4) is 0 Å². The van der Waals surface area contributed by atoms with Crippen LogP contribution in [0, 0.1) is 0 Å². The van der Waals surface area contributed by atoms with Crippen LogP contribution in [0.25, 0.3) is 11.5 Å². The van der Waals surface area contributed by atoms with Gasteiger partial charge in [-0.2, -0.15) is 0 Å². The zero-order valence-electron chi connectivity index (χ0n) is 11.6. The molecule has 2 aromatic carbocycles. The van der Waals surface area contributed by atoms with Gasteiger partial charge in [-0.25, -0.2) is 4.79 Å². The van der Waals surface area contributed by atoms with E-state index in [1.165, 1.54) is 0 Å². The summed E-state index contributed by atoms with van der Waals surface area (Å²) >= 11 is 0. The molecule has 0 amide bonds. The van der Waals surface area contributed by atoms with Crippen LogP contribution >= 0.6 is 0 Å². The molecule has 2 N–H and O–H groups in total. The summed E-state index contributed by atoms with van der Waals surface area (Å²) < 4.78 is 10.6. The smallest absolute Gasteiger partial charge is 0.340 e. The van der Waals surface area contributed by atoms with Gasteiger partial charge in [0.15, 0.2) is 6.61 Å². The average molecular weight is 295 g/mol. The lowest BCUT2D eigenvalue weighted by Crippen LogP contribution is -2.08. The maximum absolute atomic E-state index is 11.9. The molecule has 6 heteroatoms. The van der Waals surface area contributed by atoms with Gasteiger partial charge >= 0.3 is 5.97 Å². The third-order valence-electron chi connectivity index (χ3n) is 3.00. The van der Waals surface area contributed by atoms with E-state index in [9.17, 15) is 4.79 Å². The van der Waals surface area contributed by atoms with E-state index >= 15 is 0 Å². The SMILES string of the molecule is Nc1ccccc1C(=O)OCc1nnc(-c2ccccc2)o1. The van der Waals surface area contributed by atoms with Gasteiger partial charge in [-0.15, -0.1) is 10.2 Å². The number of nitrogens with two attached hydrogens (primary N) is 1. The Morgan fingerprint density at radius 3 is 2.55 bits per heavy atom. The van der Waals surface area contributed by atoms with Gasteiger partial charge in [0.2, 0.25) is 5.89 Å². The molecule has 22 heavy (non-hydrogen) atoms. The van der Waals surface area contributed by atoms with Crippen LogP contribution in [0.5, 0.6) is 0 Å². The molecule has 0 atom stereocenters. The second-order valence-electron chi connectivity index (χ2n) is 4.53. The van der Waals surface area contributed by atoms with E-state index in [1.807, 2.05) is 30.3 Å². The zero-order chi connectivity index (χ0) is 15.4. The molecule has 3 aromatic rings. The summed E-state index contributed by atoms with van der Waals surface area (Å²) in [7, 11) is 0. The predicted molar refractivity (Wildman–Crippen MR) is 79.7 cm³/mol. The molecule has 3 rings (SSSR count). The first-order chi connectivity index (χ1) is 10.7. The summed E-state index contributed by atoms with van der Waals surface area (Å²) in [6.07, 6.45) is 0. The molecule has 0 aliphatic heterocycles. The highest BCUT2D eigenvalue weighted by Crippen LogP contribution is 2.18. The Labute approximate surface area is 126 Å². The Balaban J connectivity index is 1.67. The number of hydrogen-bond acceptors (Lipinski definition) is 6. The molecule has 1 aromatic heterocycles. The lowest BCUT2D eigenvalue weighted by molar-refractivity contribution is 0.0440. The number of carbonyl (C=O) groups is 1. The summed E-state index contributed by atoms with van der Waals surface area (Å²) in [5.74, 6) is 0.0742. The van der Waals surface area contributed by atoms with E-state index in [0.29, 0.717) is 17.1 Å². The summed E-state index contributed by atoms with van der Waals surface area (Å²) in [6.45, 7) is -0.104. The van der Waals surface area contributed by atoms with Crippen molar-refractivity contribution in [1.82, 2.24) is 10.2 Å². The molecule has 0 radical (unpaired) electrons. The number of anilines is 1. The molecule has 0 spiro atoms. The highest BCUT2D eigenvalue weighted by Gasteiger charge is 2.13. The van der Waals surface area contributed by atoms with Crippen LogP contribution in [-0.4, -0.2) is 16.2 Å². The molecular weight excluding hydrogens is 282 g/mol. The summed E-state index contributed by atoms with van der Waals surface area (Å²) in [5.41, 5.74) is 7.20. The number of ether oxygens (including phenoxy) is 1. The van der Waals surface area contributed by atoms with E-state index in [2.05, 4.69) is 10.2 Å². The van der Waals surface area contributed by atoms with Crippen molar-refractivity contribution in [2.75, 3.05) is 5.73 Å². The predicted octanol–water partition coefficient (Wildman–Crippen LogP) is 2.68. The Kier molecular flexibility index (Phi) is 3.82. The summed E-state index contributed by atoms with van der Waals surface area (Å²) in [4.78, 5) is 11.9. The van der Waals surface area contributed by atoms with Crippen LogP contribution in [0.4, 0.5) is 5.69 Å². The number of aromatic nitrogens is 2. The zero-order valence-corrected chi connectivity index (χ0v) is 11.6. The number of nitrogens with zero attached hydrogens (tertiary/aromatic N) is 2. The van der Waals surface area contributed by atoms with Crippen LogP contribution in [0.1, 0.15) is 16.2 Å². The van der Waals surface area contributed by atoms with Crippen molar-refractivity contribution >= 4 is 11.7 Å². The lowest BCUT2D eigenvalue weighted by Gasteiger charge is -2.04. The number of hydrogen-bond donors (Lipinski definition) is 1. The van der Waals surface area contributed by atoms with Gasteiger partial charge in [0, 0.05) is 11.3 Å². The van der Waals surface area contributed by atoms with Gasteiger partial charge < -0.3 is 14.9 Å². The molecule has 0 bridgehead atoms. The van der Waals surface area contributed by atoms with Crippen LogP contribution in [-0.2, 0) is 11.3 Å². The standard InChI is InChI=1S/C16H13N3O3/c17-13-9-5-4-8-12(13)16(20)21-10-14-18-19-15(22-14)11-6-2-1-3-7-11/h1-9H,10,17H2. The second kappa shape index (κ2) is 6.09. The van der Waals surface area contributed by atoms with Crippen molar-refractivity contribution in [3.05, 3.63) is 66.1 Å². The third-order valence-corrected chi connectivity index (χ3v) is 3.00. The van der Waals surface area contributed by atoms with E-state index in [4.69, 9.17) is 14.9 Å². The average Bonchev–Trinajstić information content (AvgIpc) is 3.03. The fourth-order valence-electron chi connectivity index (χ4n) is 1.90. The Morgan fingerprint density at radius 1 is 1.05 bits per heavy atom. The fourth-order valence-corrected chi connectivity index (χ4v) is 1.90. The molecule has 0 saturated carbocycles. The van der Waals surface area contributed by atoms with Crippen LogP contribution < -0.4 is 5.73 Å². The van der Waals surface area contributed by atoms with Gasteiger partial charge in [0.25, 0.3) is 5.89 Å². The molecule has 110 valence electrons. The molecule has 0 unspecified atom stereocenters. The first-order valence-corrected chi connectivity index (χ1v) is 6.63. The van der Waals surface area contributed by atoms with E-state index in [-0.39, 0.29) is 12.5 Å². The Morgan fingerprint density at radius 2 is 1.77 bits per heavy atom. The normalized spacial score (nSPS) is 10.4. The van der Waals surface area contributed by atoms with Crippen molar-refractivity contribution < 1.29 is 13.9 Å². The largest absolute Gasteiger partial charge is 0.452 e. The monoisotopic (exact) mass is 295 g/mol. The molecule has 1 heterocycles. The topological polar surface area (TPSA) is 91.2 Å². The summed E-state index contributed by atoms with van der Waals surface area (Å²) in [6, 6.07) is 16.0. The minimum Gasteiger partial charge on any atom is -0.452 e. The maximum Gasteiger partial charge on any atom is 0.340 e. The maximum atomic E-state index is 11.9. The minimum absolute atomic E-state index is 0.104. The van der Waals surface area contributed by atoms with E-state index < -0.39 is 5.97 Å². The number of carbonyl (C=O) groups excluding carboxylic acids is 1. The first kappa shape index (κ1) is 13.8. The minimum atomic E-state index is -0.530. The van der Waals surface area contributed by atoms with Gasteiger partial charge in [-0.3, -0.25) is 0 Å². The second-order valence-corrected chi connectivity index (χ2v) is 4.53.